The number of amides is 1. The van der Waals surface area contributed by atoms with E-state index >= 15 is 0 Å². The van der Waals surface area contributed by atoms with Gasteiger partial charge in [-0.25, -0.2) is 0 Å². The molecule has 6 nitrogen and oxygen atoms in total. The van der Waals surface area contributed by atoms with Crippen molar-refractivity contribution in [3.63, 3.8) is 0 Å². The van der Waals surface area contributed by atoms with Gasteiger partial charge in [0.25, 0.3) is 0 Å². The first-order valence-electron chi connectivity index (χ1n) is 11.5. The van der Waals surface area contributed by atoms with E-state index in [0.717, 1.165) is 57.2 Å². The summed E-state index contributed by atoms with van der Waals surface area (Å²) < 4.78 is 0. The molecule has 6 heteroatoms. The summed E-state index contributed by atoms with van der Waals surface area (Å²) in [6.07, 6.45) is 8.02. The van der Waals surface area contributed by atoms with Crippen LogP contribution in [0.1, 0.15) is 71.6 Å². The van der Waals surface area contributed by atoms with E-state index < -0.39 is 0 Å². The summed E-state index contributed by atoms with van der Waals surface area (Å²) in [5.41, 5.74) is 0.960. The lowest BCUT2D eigenvalue weighted by atomic mass is 9.51. The monoisotopic (exact) mass is 403 g/mol. The van der Waals surface area contributed by atoms with Gasteiger partial charge in [0.1, 0.15) is 12.4 Å². The van der Waals surface area contributed by atoms with Crippen molar-refractivity contribution in [2.75, 3.05) is 20.2 Å². The van der Waals surface area contributed by atoms with E-state index in [4.69, 9.17) is 4.84 Å². The molecule has 0 aromatic heterocycles. The fourth-order valence-corrected chi connectivity index (χ4v) is 6.98. The number of oxime groups is 1. The summed E-state index contributed by atoms with van der Waals surface area (Å²) in [5.74, 6) is 1.81. The van der Waals surface area contributed by atoms with Gasteiger partial charge in [0.05, 0.1) is 5.71 Å². The van der Waals surface area contributed by atoms with Gasteiger partial charge in [-0.3, -0.25) is 9.59 Å². The lowest BCUT2D eigenvalue weighted by Crippen LogP contribution is -2.54. The van der Waals surface area contributed by atoms with E-state index in [9.17, 15) is 9.59 Å². The molecule has 0 radical (unpaired) electrons. The average molecular weight is 404 g/mol. The molecule has 29 heavy (non-hydrogen) atoms. The van der Waals surface area contributed by atoms with Crippen molar-refractivity contribution in [2.24, 2.45) is 33.7 Å². The largest absolute Gasteiger partial charge is 0.396 e. The smallest absolute Gasteiger partial charge is 0.220 e. The number of hydrogen-bond donors (Lipinski definition) is 2. The summed E-state index contributed by atoms with van der Waals surface area (Å²) in [6.45, 7) is 6.10. The number of Topliss-reactive ketones (excluding diaryl/α,β-unsaturated/α-hetero) is 1. The molecule has 162 valence electrons. The summed E-state index contributed by atoms with van der Waals surface area (Å²) in [7, 11) is 1.94. The molecule has 2 N–H and O–H groups in total. The van der Waals surface area contributed by atoms with E-state index in [2.05, 4.69) is 29.6 Å². The minimum Gasteiger partial charge on any atom is -0.396 e. The molecule has 4 fully saturated rings. The zero-order chi connectivity index (χ0) is 20.6. The Labute approximate surface area is 174 Å². The van der Waals surface area contributed by atoms with E-state index in [1.807, 2.05) is 7.05 Å². The SMILES string of the molecule is CNCCCO/N=C1/CC[C@@]2(C)C(C1)NC(=O)C[C@@H]1[C@@H]2CC[C@]2(C)C(=O)CC[C@@H]12. The predicted molar refractivity (Wildman–Crippen MR) is 112 cm³/mol. The van der Waals surface area contributed by atoms with Crippen LogP contribution in [-0.4, -0.2) is 43.6 Å². The van der Waals surface area contributed by atoms with Gasteiger partial charge in [-0.15, -0.1) is 0 Å². The van der Waals surface area contributed by atoms with Crippen molar-refractivity contribution in [1.29, 1.82) is 0 Å². The summed E-state index contributed by atoms with van der Waals surface area (Å²) >= 11 is 0. The Morgan fingerprint density at radius 2 is 1.97 bits per heavy atom. The van der Waals surface area contributed by atoms with Gasteiger partial charge in [0.15, 0.2) is 0 Å². The highest BCUT2D eigenvalue weighted by Gasteiger charge is 2.60. The van der Waals surface area contributed by atoms with Crippen LogP contribution in [-0.2, 0) is 14.4 Å². The molecular formula is C23H37N3O3. The first-order chi connectivity index (χ1) is 13.9. The van der Waals surface area contributed by atoms with Gasteiger partial charge in [-0.1, -0.05) is 19.0 Å². The summed E-state index contributed by atoms with van der Waals surface area (Å²) in [4.78, 5) is 31.0. The van der Waals surface area contributed by atoms with Gasteiger partial charge in [-0.2, -0.15) is 0 Å². The van der Waals surface area contributed by atoms with Crippen molar-refractivity contribution >= 4 is 17.4 Å². The Morgan fingerprint density at radius 3 is 2.76 bits per heavy atom. The fourth-order valence-electron chi connectivity index (χ4n) is 6.98. The van der Waals surface area contributed by atoms with Gasteiger partial charge < -0.3 is 15.5 Å². The molecular weight excluding hydrogens is 366 g/mol. The molecule has 0 bridgehead atoms. The molecule has 0 aromatic rings. The van der Waals surface area contributed by atoms with Crippen LogP contribution in [0.5, 0.6) is 0 Å². The predicted octanol–water partition coefficient (Wildman–Crippen LogP) is 3.06. The third-order valence-electron chi connectivity index (χ3n) is 8.79. The van der Waals surface area contributed by atoms with Crippen molar-refractivity contribution in [3.8, 4) is 0 Å². The van der Waals surface area contributed by atoms with Crippen LogP contribution in [0, 0.1) is 28.6 Å². The van der Waals surface area contributed by atoms with Gasteiger partial charge >= 0.3 is 0 Å². The highest BCUT2D eigenvalue weighted by molar-refractivity contribution is 5.88. The molecule has 4 aliphatic rings. The second-order valence-corrected chi connectivity index (χ2v) is 10.3. The van der Waals surface area contributed by atoms with E-state index in [0.29, 0.717) is 43.0 Å². The van der Waals surface area contributed by atoms with Crippen LogP contribution < -0.4 is 10.6 Å². The van der Waals surface area contributed by atoms with Crippen LogP contribution in [0.25, 0.3) is 0 Å². The van der Waals surface area contributed by atoms with Gasteiger partial charge in [0.2, 0.25) is 5.91 Å². The van der Waals surface area contributed by atoms with Crippen LogP contribution in [0.15, 0.2) is 5.16 Å². The van der Waals surface area contributed by atoms with Crippen LogP contribution in [0.4, 0.5) is 0 Å². The van der Waals surface area contributed by atoms with Crippen molar-refractivity contribution in [1.82, 2.24) is 10.6 Å². The Balaban J connectivity index is 1.51. The second kappa shape index (κ2) is 8.01. The molecule has 3 aliphatic carbocycles. The zero-order valence-corrected chi connectivity index (χ0v) is 18.3. The number of carbonyl (C=O) groups excluding carboxylic acids is 2. The van der Waals surface area contributed by atoms with Gasteiger partial charge in [0, 0.05) is 30.7 Å². The lowest BCUT2D eigenvalue weighted by molar-refractivity contribution is -0.133. The fraction of sp³-hybridized carbons (Fsp3) is 0.870. The minimum absolute atomic E-state index is 0.0783. The van der Waals surface area contributed by atoms with E-state index in [1.165, 1.54) is 0 Å². The third kappa shape index (κ3) is 3.62. The van der Waals surface area contributed by atoms with Crippen molar-refractivity contribution in [3.05, 3.63) is 0 Å². The number of carbonyl (C=O) groups is 2. The molecule has 3 saturated carbocycles. The first kappa shape index (κ1) is 20.8. The topological polar surface area (TPSA) is 79.8 Å². The second-order valence-electron chi connectivity index (χ2n) is 10.3. The summed E-state index contributed by atoms with van der Waals surface area (Å²) in [5, 5.41) is 10.9. The number of ketones is 1. The standard InChI is InChI=1S/C23H37N3O3/c1-22-9-7-15(26-29-12-4-11-24-3)13-19(22)25-21(28)14-16-17-5-6-20(27)23(17,2)10-8-18(16)22/h16-19,24H,4-14H2,1-3H3,(H,25,28)/b26-15-/t16-,17-,18-,19?,22+,23-/m0/s1. The molecule has 1 heterocycles. The maximum atomic E-state index is 12.9. The molecule has 6 atom stereocenters. The first-order valence-corrected chi connectivity index (χ1v) is 11.5. The molecule has 1 unspecified atom stereocenters. The number of fused-ring (bicyclic) bond motifs is 5. The number of rotatable bonds is 5. The van der Waals surface area contributed by atoms with Gasteiger partial charge in [-0.05, 0) is 75.3 Å². The van der Waals surface area contributed by atoms with Crippen LogP contribution in [0.3, 0.4) is 0 Å². The van der Waals surface area contributed by atoms with E-state index in [1.54, 1.807) is 0 Å². The Hall–Kier alpha value is -1.43. The maximum absolute atomic E-state index is 12.9. The van der Waals surface area contributed by atoms with E-state index in [-0.39, 0.29) is 22.8 Å². The highest BCUT2D eigenvalue weighted by atomic mass is 16.6. The third-order valence-corrected chi connectivity index (χ3v) is 8.79. The summed E-state index contributed by atoms with van der Waals surface area (Å²) in [6, 6.07) is 0.125. The highest BCUT2D eigenvalue weighted by Crippen LogP contribution is 2.61. The molecule has 1 aliphatic heterocycles. The Bertz CT molecular complexity index is 693. The number of nitrogens with one attached hydrogen (secondary N) is 2. The quantitative estimate of drug-likeness (QED) is 0.546. The van der Waals surface area contributed by atoms with Crippen LogP contribution >= 0.6 is 0 Å². The molecule has 4 rings (SSSR count). The molecule has 0 aromatic carbocycles. The minimum atomic E-state index is -0.194. The Morgan fingerprint density at radius 1 is 1.14 bits per heavy atom. The number of hydrogen-bond acceptors (Lipinski definition) is 5. The number of nitrogens with zero attached hydrogens (tertiary/aromatic N) is 1. The molecule has 1 amide bonds. The molecule has 1 saturated heterocycles. The van der Waals surface area contributed by atoms with Crippen molar-refractivity contribution in [2.45, 2.75) is 77.7 Å². The zero-order valence-electron chi connectivity index (χ0n) is 18.3. The lowest BCUT2D eigenvalue weighted by Gasteiger charge is -2.53. The Kier molecular flexibility index (Phi) is 5.75. The molecule has 0 spiro atoms. The van der Waals surface area contributed by atoms with Crippen molar-refractivity contribution < 1.29 is 14.4 Å². The average Bonchev–Trinajstić information content (AvgIpc) is 2.93. The maximum Gasteiger partial charge on any atom is 0.220 e. The normalized spacial score (nSPS) is 43.2. The van der Waals surface area contributed by atoms with Crippen LogP contribution in [0.2, 0.25) is 0 Å².